The van der Waals surface area contributed by atoms with E-state index in [0.29, 0.717) is 17.5 Å². The number of benzene rings is 9. The van der Waals surface area contributed by atoms with E-state index < -0.39 is 0 Å². The minimum atomic E-state index is 0.634. The smallest absolute Gasteiger partial charge is 0.164 e. The van der Waals surface area contributed by atoms with Gasteiger partial charge >= 0.3 is 0 Å². The minimum Gasteiger partial charge on any atom is -0.208 e. The predicted octanol–water partition coefficient (Wildman–Crippen LogP) is 15.1. The summed E-state index contributed by atoms with van der Waals surface area (Å²) in [7, 11) is 0. The molecule has 0 amide bonds. The van der Waals surface area contributed by atoms with Crippen LogP contribution in [0.3, 0.4) is 0 Å². The first-order valence-electron chi connectivity index (χ1n) is 19.8. The quantitative estimate of drug-likeness (QED) is 0.162. The lowest BCUT2D eigenvalue weighted by molar-refractivity contribution is 1.08. The molecule has 0 unspecified atom stereocenters. The van der Waals surface area contributed by atoms with Gasteiger partial charge in [0.2, 0.25) is 0 Å². The van der Waals surface area contributed by atoms with Crippen LogP contribution in [-0.2, 0) is 0 Å². The molecule has 0 saturated heterocycles. The SMILES string of the molecule is c1ccc(-c2ccc(-c3nc(-c4cccc(-c5ccc6ccccc6c5)c4)nc(-c4cccc5sc6c(-c7cccc(-c8ccccc8)c7)cccc6c45)n3)cc2)cc1. The van der Waals surface area contributed by atoms with Gasteiger partial charge in [0.15, 0.2) is 17.5 Å². The molecule has 0 aliphatic carbocycles. The van der Waals surface area contributed by atoms with Gasteiger partial charge in [-0.1, -0.05) is 188 Å². The van der Waals surface area contributed by atoms with Crippen molar-refractivity contribution in [3.05, 3.63) is 212 Å². The lowest BCUT2D eigenvalue weighted by Gasteiger charge is -2.11. The van der Waals surface area contributed by atoms with Crippen molar-refractivity contribution < 1.29 is 0 Å². The van der Waals surface area contributed by atoms with Crippen LogP contribution in [0.4, 0.5) is 0 Å². The third-order valence-corrected chi connectivity index (χ3v) is 12.3. The molecule has 0 radical (unpaired) electrons. The molecule has 0 saturated carbocycles. The van der Waals surface area contributed by atoms with E-state index in [1.165, 1.54) is 53.4 Å². The van der Waals surface area contributed by atoms with Crippen molar-refractivity contribution >= 4 is 42.3 Å². The Kier molecular flexibility index (Phi) is 8.68. The highest BCUT2D eigenvalue weighted by Crippen LogP contribution is 2.44. The van der Waals surface area contributed by atoms with Crippen molar-refractivity contribution in [1.29, 1.82) is 0 Å². The maximum absolute atomic E-state index is 5.29. The summed E-state index contributed by atoms with van der Waals surface area (Å²) in [5.74, 6) is 1.92. The van der Waals surface area contributed by atoms with Crippen molar-refractivity contribution in [2.24, 2.45) is 0 Å². The Bertz CT molecular complexity index is 3320. The van der Waals surface area contributed by atoms with Crippen molar-refractivity contribution in [3.63, 3.8) is 0 Å². The third kappa shape index (κ3) is 6.56. The van der Waals surface area contributed by atoms with Gasteiger partial charge in [-0.05, 0) is 79.5 Å². The van der Waals surface area contributed by atoms with Crippen molar-refractivity contribution in [2.45, 2.75) is 0 Å². The first-order chi connectivity index (χ1) is 29.2. The Morgan fingerprint density at radius 2 is 0.780 bits per heavy atom. The molecule has 2 aromatic heterocycles. The van der Waals surface area contributed by atoms with E-state index in [-0.39, 0.29) is 0 Å². The van der Waals surface area contributed by atoms with Crippen molar-refractivity contribution in [3.8, 4) is 78.7 Å². The van der Waals surface area contributed by atoms with Gasteiger partial charge < -0.3 is 0 Å². The van der Waals surface area contributed by atoms with E-state index in [1.54, 1.807) is 0 Å². The van der Waals surface area contributed by atoms with E-state index in [1.807, 2.05) is 17.4 Å². The summed E-state index contributed by atoms with van der Waals surface area (Å²) in [4.78, 5) is 15.7. The van der Waals surface area contributed by atoms with E-state index in [2.05, 4.69) is 206 Å². The summed E-state index contributed by atoms with van der Waals surface area (Å²) in [5.41, 5.74) is 12.2. The fourth-order valence-electron chi connectivity index (χ4n) is 8.16. The summed E-state index contributed by atoms with van der Waals surface area (Å²) in [6.45, 7) is 0. The lowest BCUT2D eigenvalue weighted by Crippen LogP contribution is -2.00. The third-order valence-electron chi connectivity index (χ3n) is 11.1. The van der Waals surface area contributed by atoms with Crippen LogP contribution in [0.1, 0.15) is 0 Å². The number of nitrogens with zero attached hydrogens (tertiary/aromatic N) is 3. The fraction of sp³-hybridized carbons (Fsp3) is 0. The maximum atomic E-state index is 5.29. The van der Waals surface area contributed by atoms with Crippen LogP contribution in [0.15, 0.2) is 212 Å². The zero-order valence-electron chi connectivity index (χ0n) is 32.0. The molecule has 276 valence electrons. The Labute approximate surface area is 346 Å². The van der Waals surface area contributed by atoms with Crippen LogP contribution in [0.5, 0.6) is 0 Å². The molecule has 4 heteroatoms. The van der Waals surface area contributed by atoms with E-state index >= 15 is 0 Å². The Hall–Kier alpha value is -7.53. The van der Waals surface area contributed by atoms with Gasteiger partial charge in [0.25, 0.3) is 0 Å². The molecule has 3 nitrogen and oxygen atoms in total. The summed E-state index contributed by atoms with van der Waals surface area (Å²) < 4.78 is 2.44. The Morgan fingerprint density at radius 1 is 0.288 bits per heavy atom. The standard InChI is InChI=1S/C55H35N3S/c1-3-13-36(14-4-1)39-27-30-40(31-28-39)53-56-54(46-22-10-20-43(35-46)44-32-29-38-17-7-8-18-41(38)33-44)58-55(57-53)49-25-12-26-50-51(49)48-24-11-23-47(52(48)59-50)45-21-9-19-42(34-45)37-15-5-2-6-16-37/h1-35H. The number of aromatic nitrogens is 3. The highest BCUT2D eigenvalue weighted by atomic mass is 32.1. The topological polar surface area (TPSA) is 38.7 Å². The normalized spacial score (nSPS) is 11.4. The lowest BCUT2D eigenvalue weighted by atomic mass is 9.97. The van der Waals surface area contributed by atoms with E-state index in [9.17, 15) is 0 Å². The van der Waals surface area contributed by atoms with Gasteiger partial charge in [-0.25, -0.2) is 15.0 Å². The molecule has 0 aliphatic heterocycles. The highest BCUT2D eigenvalue weighted by molar-refractivity contribution is 7.26. The molecule has 11 rings (SSSR count). The largest absolute Gasteiger partial charge is 0.208 e. The number of hydrogen-bond donors (Lipinski definition) is 0. The summed E-state index contributed by atoms with van der Waals surface area (Å²) in [5, 5.41) is 4.78. The Balaban J connectivity index is 1.07. The molecule has 0 spiro atoms. The summed E-state index contributed by atoms with van der Waals surface area (Å²) in [6.07, 6.45) is 0. The summed E-state index contributed by atoms with van der Waals surface area (Å²) in [6, 6.07) is 75.2. The number of fused-ring (bicyclic) bond motifs is 4. The summed E-state index contributed by atoms with van der Waals surface area (Å²) >= 11 is 1.82. The van der Waals surface area contributed by atoms with Crippen molar-refractivity contribution in [1.82, 2.24) is 15.0 Å². The molecular formula is C55H35N3S. The van der Waals surface area contributed by atoms with Gasteiger partial charge in [-0.15, -0.1) is 11.3 Å². The molecule has 0 N–H and O–H groups in total. The van der Waals surface area contributed by atoms with Gasteiger partial charge in [-0.3, -0.25) is 0 Å². The number of rotatable bonds is 7. The van der Waals surface area contributed by atoms with Crippen LogP contribution >= 0.6 is 11.3 Å². The first kappa shape index (κ1) is 34.7. The molecule has 2 heterocycles. The average molecular weight is 770 g/mol. The molecule has 0 fully saturated rings. The Morgan fingerprint density at radius 3 is 1.56 bits per heavy atom. The van der Waals surface area contributed by atoms with Gasteiger partial charge in [0.05, 0.1) is 0 Å². The van der Waals surface area contributed by atoms with Crippen molar-refractivity contribution in [2.75, 3.05) is 0 Å². The van der Waals surface area contributed by atoms with Gasteiger partial charge in [0, 0.05) is 36.9 Å². The molecule has 0 aliphatic rings. The first-order valence-corrected chi connectivity index (χ1v) is 20.7. The zero-order valence-corrected chi connectivity index (χ0v) is 32.8. The highest BCUT2D eigenvalue weighted by Gasteiger charge is 2.19. The maximum Gasteiger partial charge on any atom is 0.164 e. The monoisotopic (exact) mass is 769 g/mol. The molecule has 11 aromatic rings. The van der Waals surface area contributed by atoms with E-state index in [0.717, 1.165) is 38.8 Å². The molecule has 0 bridgehead atoms. The molecule has 9 aromatic carbocycles. The van der Waals surface area contributed by atoms with Crippen LogP contribution in [0, 0.1) is 0 Å². The molecular weight excluding hydrogens is 735 g/mol. The fourth-order valence-corrected chi connectivity index (χ4v) is 9.43. The van der Waals surface area contributed by atoms with Crippen LogP contribution in [0.2, 0.25) is 0 Å². The van der Waals surface area contributed by atoms with Crippen LogP contribution < -0.4 is 0 Å². The second kappa shape index (κ2) is 14.8. The average Bonchev–Trinajstić information content (AvgIpc) is 3.71. The number of hydrogen-bond acceptors (Lipinski definition) is 4. The van der Waals surface area contributed by atoms with E-state index in [4.69, 9.17) is 15.0 Å². The predicted molar refractivity (Wildman–Crippen MR) is 248 cm³/mol. The second-order valence-electron chi connectivity index (χ2n) is 14.8. The van der Waals surface area contributed by atoms with Crippen LogP contribution in [-0.4, -0.2) is 15.0 Å². The van der Waals surface area contributed by atoms with Gasteiger partial charge in [0.1, 0.15) is 0 Å². The zero-order chi connectivity index (χ0) is 39.1. The van der Waals surface area contributed by atoms with Crippen LogP contribution in [0.25, 0.3) is 110 Å². The van der Waals surface area contributed by atoms with Gasteiger partial charge in [-0.2, -0.15) is 0 Å². The minimum absolute atomic E-state index is 0.634. The molecule has 0 atom stereocenters. The molecule has 59 heavy (non-hydrogen) atoms. The number of thiophene rings is 1. The second-order valence-corrected chi connectivity index (χ2v) is 15.9.